The van der Waals surface area contributed by atoms with E-state index in [4.69, 9.17) is 9.47 Å². The van der Waals surface area contributed by atoms with E-state index in [2.05, 4.69) is 15.4 Å². The molecule has 0 aliphatic rings. The Balaban J connectivity index is 2.02. The van der Waals surface area contributed by atoms with Crippen LogP contribution in [-0.4, -0.2) is 33.3 Å². The van der Waals surface area contributed by atoms with Gasteiger partial charge in [-0.1, -0.05) is 6.07 Å². The predicted octanol–water partition coefficient (Wildman–Crippen LogP) is 3.66. The number of anilines is 2. The lowest BCUT2D eigenvalue weighted by atomic mass is 10.2. The zero-order chi connectivity index (χ0) is 19.1. The fraction of sp³-hybridized carbons (Fsp3) is 0.278. The maximum Gasteiger partial charge on any atom is 0.387 e. The van der Waals surface area contributed by atoms with E-state index >= 15 is 0 Å². The van der Waals surface area contributed by atoms with Gasteiger partial charge in [0.1, 0.15) is 5.75 Å². The molecule has 0 aromatic heterocycles. The van der Waals surface area contributed by atoms with Crippen molar-refractivity contribution in [2.75, 3.05) is 31.4 Å². The van der Waals surface area contributed by atoms with Crippen LogP contribution in [0, 0.1) is 6.92 Å². The maximum absolute atomic E-state index is 12.5. The van der Waals surface area contributed by atoms with Crippen LogP contribution in [0.25, 0.3) is 0 Å². The Bertz CT molecular complexity index is 769. The first kappa shape index (κ1) is 19.3. The molecule has 140 valence electrons. The van der Waals surface area contributed by atoms with E-state index < -0.39 is 6.61 Å². The van der Waals surface area contributed by atoms with Crippen molar-refractivity contribution in [2.45, 2.75) is 13.5 Å². The number of carbonyl (C=O) groups is 1. The molecule has 2 rings (SSSR count). The van der Waals surface area contributed by atoms with Crippen LogP contribution in [0.4, 0.5) is 20.2 Å². The summed E-state index contributed by atoms with van der Waals surface area (Å²) in [5.74, 6) is 0.278. The maximum atomic E-state index is 12.5. The molecule has 0 bridgehead atoms. The number of ether oxygens (including phenoxy) is 3. The zero-order valence-corrected chi connectivity index (χ0v) is 14.6. The van der Waals surface area contributed by atoms with Crippen LogP contribution in [0.3, 0.4) is 0 Å². The molecule has 0 fully saturated rings. The summed E-state index contributed by atoms with van der Waals surface area (Å²) in [6, 6.07) is 9.83. The molecule has 26 heavy (non-hydrogen) atoms. The van der Waals surface area contributed by atoms with Gasteiger partial charge in [0, 0.05) is 11.8 Å². The van der Waals surface area contributed by atoms with Crippen LogP contribution in [0.2, 0.25) is 0 Å². The van der Waals surface area contributed by atoms with Gasteiger partial charge in [0.2, 0.25) is 5.91 Å². The SMILES string of the molecule is COc1ccc(C)cc1NC(=O)CNc1ccc(OC)c(OC(F)F)c1. The number of nitrogens with one attached hydrogen (secondary N) is 2. The van der Waals surface area contributed by atoms with E-state index in [-0.39, 0.29) is 24.0 Å². The highest BCUT2D eigenvalue weighted by molar-refractivity contribution is 5.95. The van der Waals surface area contributed by atoms with Crippen LogP contribution < -0.4 is 24.8 Å². The molecule has 0 saturated carbocycles. The molecule has 2 N–H and O–H groups in total. The average Bonchev–Trinajstić information content (AvgIpc) is 2.60. The molecule has 0 aliphatic carbocycles. The Morgan fingerprint density at radius 2 is 1.73 bits per heavy atom. The van der Waals surface area contributed by atoms with Gasteiger partial charge in [0.05, 0.1) is 26.5 Å². The first-order chi connectivity index (χ1) is 12.4. The van der Waals surface area contributed by atoms with E-state index in [1.807, 2.05) is 13.0 Å². The van der Waals surface area contributed by atoms with Crippen LogP contribution in [0.15, 0.2) is 36.4 Å². The smallest absolute Gasteiger partial charge is 0.387 e. The molecule has 0 saturated heterocycles. The molecule has 0 spiro atoms. The van der Waals surface area contributed by atoms with Gasteiger partial charge in [-0.05, 0) is 36.8 Å². The number of methoxy groups -OCH3 is 2. The molecule has 0 atom stereocenters. The van der Waals surface area contributed by atoms with Crippen molar-refractivity contribution in [2.24, 2.45) is 0 Å². The minimum absolute atomic E-state index is 0.0719. The summed E-state index contributed by atoms with van der Waals surface area (Å²) in [7, 11) is 2.86. The fourth-order valence-electron chi connectivity index (χ4n) is 2.27. The predicted molar refractivity (Wildman–Crippen MR) is 94.5 cm³/mol. The second-order valence-corrected chi connectivity index (χ2v) is 5.35. The van der Waals surface area contributed by atoms with Gasteiger partial charge >= 0.3 is 6.61 Å². The molecule has 0 unspecified atom stereocenters. The second kappa shape index (κ2) is 8.89. The van der Waals surface area contributed by atoms with Crippen LogP contribution in [-0.2, 0) is 4.79 Å². The minimum Gasteiger partial charge on any atom is -0.495 e. The third-order valence-electron chi connectivity index (χ3n) is 3.46. The molecule has 1 amide bonds. The van der Waals surface area contributed by atoms with Crippen molar-refractivity contribution < 1.29 is 27.8 Å². The topological polar surface area (TPSA) is 68.8 Å². The summed E-state index contributed by atoms with van der Waals surface area (Å²) in [5.41, 5.74) is 1.96. The van der Waals surface area contributed by atoms with Crippen LogP contribution in [0.5, 0.6) is 17.2 Å². The molecule has 6 nitrogen and oxygen atoms in total. The van der Waals surface area contributed by atoms with Crippen molar-refractivity contribution in [1.29, 1.82) is 0 Å². The highest BCUT2D eigenvalue weighted by Crippen LogP contribution is 2.31. The van der Waals surface area contributed by atoms with E-state index in [1.165, 1.54) is 26.4 Å². The summed E-state index contributed by atoms with van der Waals surface area (Å²) in [5, 5.41) is 5.59. The van der Waals surface area contributed by atoms with E-state index in [0.29, 0.717) is 17.1 Å². The number of rotatable bonds is 8. The van der Waals surface area contributed by atoms with Gasteiger partial charge in [-0.2, -0.15) is 8.78 Å². The Labute approximate surface area is 150 Å². The monoisotopic (exact) mass is 366 g/mol. The Morgan fingerprint density at radius 1 is 1.04 bits per heavy atom. The van der Waals surface area contributed by atoms with E-state index in [9.17, 15) is 13.6 Å². The molecule has 2 aromatic carbocycles. The van der Waals surface area contributed by atoms with Crippen molar-refractivity contribution >= 4 is 17.3 Å². The molecule has 0 heterocycles. The molecule has 0 aliphatic heterocycles. The van der Waals surface area contributed by atoms with Crippen molar-refractivity contribution in [3.05, 3.63) is 42.0 Å². The molecular formula is C18H20F2N2O4. The summed E-state index contributed by atoms with van der Waals surface area (Å²) in [6.45, 7) is -1.15. The summed E-state index contributed by atoms with van der Waals surface area (Å²) < 4.78 is 39.5. The number of halogens is 2. The molecule has 0 radical (unpaired) electrons. The second-order valence-electron chi connectivity index (χ2n) is 5.35. The molecular weight excluding hydrogens is 346 g/mol. The lowest BCUT2D eigenvalue weighted by Crippen LogP contribution is -2.22. The number of benzene rings is 2. The Morgan fingerprint density at radius 3 is 2.38 bits per heavy atom. The largest absolute Gasteiger partial charge is 0.495 e. The molecule has 2 aromatic rings. The lowest BCUT2D eigenvalue weighted by Gasteiger charge is -2.14. The third kappa shape index (κ3) is 5.23. The summed E-state index contributed by atoms with van der Waals surface area (Å²) in [6.07, 6.45) is 0. The average molecular weight is 366 g/mol. The zero-order valence-electron chi connectivity index (χ0n) is 14.6. The van der Waals surface area contributed by atoms with Gasteiger partial charge in [-0.25, -0.2) is 0 Å². The number of amides is 1. The third-order valence-corrected chi connectivity index (χ3v) is 3.46. The van der Waals surface area contributed by atoms with E-state index in [0.717, 1.165) is 5.56 Å². The van der Waals surface area contributed by atoms with Crippen molar-refractivity contribution in [3.8, 4) is 17.2 Å². The first-order valence-electron chi connectivity index (χ1n) is 7.74. The van der Waals surface area contributed by atoms with Crippen LogP contribution in [0.1, 0.15) is 5.56 Å². The Hall–Kier alpha value is -3.03. The number of alkyl halides is 2. The summed E-state index contributed by atoms with van der Waals surface area (Å²) in [4.78, 5) is 12.1. The van der Waals surface area contributed by atoms with Gasteiger partial charge in [-0.15, -0.1) is 0 Å². The fourth-order valence-corrected chi connectivity index (χ4v) is 2.27. The normalized spacial score (nSPS) is 10.4. The van der Waals surface area contributed by atoms with Gasteiger partial charge < -0.3 is 24.8 Å². The van der Waals surface area contributed by atoms with Gasteiger partial charge in [-0.3, -0.25) is 4.79 Å². The van der Waals surface area contributed by atoms with Crippen LogP contribution >= 0.6 is 0 Å². The number of hydrogen-bond acceptors (Lipinski definition) is 5. The quantitative estimate of drug-likeness (QED) is 0.746. The van der Waals surface area contributed by atoms with Crippen molar-refractivity contribution in [1.82, 2.24) is 0 Å². The van der Waals surface area contributed by atoms with Gasteiger partial charge in [0.15, 0.2) is 11.5 Å². The Kier molecular flexibility index (Phi) is 6.60. The van der Waals surface area contributed by atoms with E-state index in [1.54, 1.807) is 18.2 Å². The molecule has 8 heteroatoms. The number of hydrogen-bond donors (Lipinski definition) is 2. The summed E-state index contributed by atoms with van der Waals surface area (Å²) >= 11 is 0. The lowest BCUT2D eigenvalue weighted by molar-refractivity contribution is -0.114. The van der Waals surface area contributed by atoms with Gasteiger partial charge in [0.25, 0.3) is 0 Å². The van der Waals surface area contributed by atoms with Crippen molar-refractivity contribution in [3.63, 3.8) is 0 Å². The first-order valence-corrected chi connectivity index (χ1v) is 7.74. The highest BCUT2D eigenvalue weighted by atomic mass is 19.3. The highest BCUT2D eigenvalue weighted by Gasteiger charge is 2.12. The number of carbonyl (C=O) groups excluding carboxylic acids is 1. The number of aryl methyl sites for hydroxylation is 1. The minimum atomic E-state index is -2.98. The standard InChI is InChI=1S/C18H20F2N2O4/c1-11-4-6-14(24-2)13(8-11)22-17(23)10-21-12-5-7-15(25-3)16(9-12)26-18(19)20/h4-9,18,21H,10H2,1-3H3,(H,22,23).